The summed E-state index contributed by atoms with van der Waals surface area (Å²) in [5.41, 5.74) is -0.503. The largest absolute Gasteiger partial charge is 0.467 e. The van der Waals surface area contributed by atoms with E-state index in [9.17, 15) is 4.79 Å². The number of hydrogen-bond acceptors (Lipinski definition) is 4. The molecule has 17 heavy (non-hydrogen) atoms. The van der Waals surface area contributed by atoms with Crippen molar-refractivity contribution in [3.05, 3.63) is 35.2 Å². The molecular formula is C13H12O3S. The number of rotatable bonds is 2. The third-order valence-corrected chi connectivity index (χ3v) is 4.47. The number of fused-ring (bicyclic) bond motifs is 1. The molecule has 0 spiro atoms. The molecular weight excluding hydrogens is 236 g/mol. The summed E-state index contributed by atoms with van der Waals surface area (Å²) in [6.45, 7) is 1.93. The van der Waals surface area contributed by atoms with E-state index in [1.807, 2.05) is 19.1 Å². The molecule has 3 rings (SSSR count). The zero-order valence-corrected chi connectivity index (χ0v) is 10.4. The van der Waals surface area contributed by atoms with Gasteiger partial charge in [-0.3, -0.25) is 0 Å². The van der Waals surface area contributed by atoms with Crippen molar-refractivity contribution >= 4 is 27.4 Å². The van der Waals surface area contributed by atoms with Gasteiger partial charge in [0.25, 0.3) is 0 Å². The molecule has 88 valence electrons. The maximum atomic E-state index is 11.4. The number of carbonyl (C=O) groups is 1. The number of methoxy groups -OCH3 is 1. The van der Waals surface area contributed by atoms with Gasteiger partial charge >= 0.3 is 5.97 Å². The normalized spacial score (nSPS) is 27.1. The summed E-state index contributed by atoms with van der Waals surface area (Å²) in [6, 6.07) is 10.2. The van der Waals surface area contributed by atoms with Crippen molar-refractivity contribution in [3.8, 4) is 0 Å². The van der Waals surface area contributed by atoms with Gasteiger partial charge in [0.05, 0.1) is 7.11 Å². The van der Waals surface area contributed by atoms with Crippen LogP contribution in [-0.2, 0) is 19.9 Å². The Labute approximate surface area is 103 Å². The highest BCUT2D eigenvalue weighted by atomic mass is 32.1. The summed E-state index contributed by atoms with van der Waals surface area (Å²) in [5.74, 6) is -0.301. The van der Waals surface area contributed by atoms with E-state index < -0.39 is 11.7 Å². The Hall–Kier alpha value is -1.39. The standard InChI is InChI=1S/C13H12O3S/c1-13(11(16-13)12(14)15-2)10-7-8-5-3-4-6-9(8)17-10/h3-7,11H,1-2H3. The van der Waals surface area contributed by atoms with Crippen LogP contribution in [0.5, 0.6) is 0 Å². The van der Waals surface area contributed by atoms with Gasteiger partial charge in [0.2, 0.25) is 0 Å². The second kappa shape index (κ2) is 3.55. The maximum Gasteiger partial charge on any atom is 0.338 e. The molecule has 1 aliphatic heterocycles. The fourth-order valence-electron chi connectivity index (χ4n) is 2.00. The lowest BCUT2D eigenvalue weighted by Crippen LogP contribution is -2.16. The van der Waals surface area contributed by atoms with Crippen LogP contribution in [0.15, 0.2) is 30.3 Å². The fourth-order valence-corrected chi connectivity index (χ4v) is 3.18. The van der Waals surface area contributed by atoms with Crippen molar-refractivity contribution in [2.75, 3.05) is 7.11 Å². The van der Waals surface area contributed by atoms with Crippen LogP contribution in [0.3, 0.4) is 0 Å². The minimum atomic E-state index is -0.503. The van der Waals surface area contributed by atoms with Crippen molar-refractivity contribution in [3.63, 3.8) is 0 Å². The quantitative estimate of drug-likeness (QED) is 0.606. The molecule has 3 nitrogen and oxygen atoms in total. The Balaban J connectivity index is 1.98. The molecule has 0 radical (unpaired) electrons. The van der Waals surface area contributed by atoms with Gasteiger partial charge in [-0.1, -0.05) is 18.2 Å². The van der Waals surface area contributed by atoms with Gasteiger partial charge in [0.1, 0.15) is 5.60 Å². The van der Waals surface area contributed by atoms with E-state index in [0.29, 0.717) is 0 Å². The number of ether oxygens (including phenoxy) is 2. The van der Waals surface area contributed by atoms with Crippen LogP contribution in [0.2, 0.25) is 0 Å². The highest BCUT2D eigenvalue weighted by Gasteiger charge is 2.60. The Morgan fingerprint density at radius 3 is 2.94 bits per heavy atom. The number of epoxide rings is 1. The summed E-state index contributed by atoms with van der Waals surface area (Å²) in [7, 11) is 1.38. The van der Waals surface area contributed by atoms with Gasteiger partial charge < -0.3 is 9.47 Å². The topological polar surface area (TPSA) is 38.8 Å². The maximum absolute atomic E-state index is 11.4. The number of benzene rings is 1. The van der Waals surface area contributed by atoms with E-state index in [2.05, 4.69) is 18.2 Å². The lowest BCUT2D eigenvalue weighted by molar-refractivity contribution is -0.142. The SMILES string of the molecule is COC(=O)C1OC1(C)c1cc2ccccc2s1. The van der Waals surface area contributed by atoms with E-state index in [-0.39, 0.29) is 5.97 Å². The minimum absolute atomic E-state index is 0.301. The third-order valence-electron chi connectivity index (χ3n) is 3.14. The Kier molecular flexibility index (Phi) is 2.24. The molecule has 2 heterocycles. The highest BCUT2D eigenvalue weighted by Crippen LogP contribution is 2.50. The summed E-state index contributed by atoms with van der Waals surface area (Å²) in [6.07, 6.45) is -0.458. The predicted octanol–water partition coefficient (Wildman–Crippen LogP) is 2.69. The van der Waals surface area contributed by atoms with E-state index in [1.165, 1.54) is 17.2 Å². The van der Waals surface area contributed by atoms with Gasteiger partial charge in [-0.05, 0) is 24.4 Å². The summed E-state index contributed by atoms with van der Waals surface area (Å²) in [4.78, 5) is 12.5. The number of carbonyl (C=O) groups excluding carboxylic acids is 1. The average Bonchev–Trinajstić information content (AvgIpc) is 2.87. The van der Waals surface area contributed by atoms with Gasteiger partial charge in [-0.2, -0.15) is 0 Å². The molecule has 1 aromatic heterocycles. The Morgan fingerprint density at radius 1 is 1.47 bits per heavy atom. The lowest BCUT2D eigenvalue weighted by Gasteiger charge is -2.00. The molecule has 1 aromatic carbocycles. The second-order valence-electron chi connectivity index (χ2n) is 4.28. The molecule has 2 atom stereocenters. The smallest absolute Gasteiger partial charge is 0.338 e. The molecule has 4 heteroatoms. The first kappa shape index (κ1) is 10.7. The number of thiophene rings is 1. The monoisotopic (exact) mass is 248 g/mol. The van der Waals surface area contributed by atoms with Crippen molar-refractivity contribution in [2.24, 2.45) is 0 Å². The van der Waals surface area contributed by atoms with E-state index >= 15 is 0 Å². The van der Waals surface area contributed by atoms with E-state index in [1.54, 1.807) is 11.3 Å². The zero-order valence-electron chi connectivity index (χ0n) is 9.60. The minimum Gasteiger partial charge on any atom is -0.467 e. The highest BCUT2D eigenvalue weighted by molar-refractivity contribution is 7.19. The first-order chi connectivity index (χ1) is 8.15. The van der Waals surface area contributed by atoms with Crippen LogP contribution in [-0.4, -0.2) is 19.2 Å². The lowest BCUT2D eigenvalue weighted by atomic mass is 10.1. The molecule has 0 aliphatic carbocycles. The van der Waals surface area contributed by atoms with Crippen LogP contribution in [0, 0.1) is 0 Å². The van der Waals surface area contributed by atoms with Crippen LogP contribution in [0.25, 0.3) is 10.1 Å². The van der Waals surface area contributed by atoms with Crippen molar-refractivity contribution in [2.45, 2.75) is 18.6 Å². The van der Waals surface area contributed by atoms with Crippen LogP contribution in [0.1, 0.15) is 11.8 Å². The second-order valence-corrected chi connectivity index (χ2v) is 5.36. The van der Waals surface area contributed by atoms with Gasteiger partial charge in [0.15, 0.2) is 6.10 Å². The summed E-state index contributed by atoms with van der Waals surface area (Å²) >= 11 is 1.67. The molecule has 1 saturated heterocycles. The molecule has 2 unspecified atom stereocenters. The summed E-state index contributed by atoms with van der Waals surface area (Å²) < 4.78 is 11.4. The van der Waals surface area contributed by atoms with Crippen molar-refractivity contribution in [1.82, 2.24) is 0 Å². The van der Waals surface area contributed by atoms with E-state index in [4.69, 9.17) is 9.47 Å². The van der Waals surface area contributed by atoms with E-state index in [0.717, 1.165) is 4.88 Å². The average molecular weight is 248 g/mol. The van der Waals surface area contributed by atoms with Crippen molar-refractivity contribution < 1.29 is 14.3 Å². The molecule has 0 saturated carbocycles. The van der Waals surface area contributed by atoms with Crippen LogP contribution in [0.4, 0.5) is 0 Å². The summed E-state index contributed by atoms with van der Waals surface area (Å²) in [5, 5.41) is 1.19. The molecule has 0 bridgehead atoms. The fraction of sp³-hybridized carbons (Fsp3) is 0.308. The van der Waals surface area contributed by atoms with Crippen molar-refractivity contribution in [1.29, 1.82) is 0 Å². The van der Waals surface area contributed by atoms with Crippen LogP contribution < -0.4 is 0 Å². The van der Waals surface area contributed by atoms with Gasteiger partial charge in [-0.15, -0.1) is 11.3 Å². The number of esters is 1. The van der Waals surface area contributed by atoms with Gasteiger partial charge in [-0.25, -0.2) is 4.79 Å². The first-order valence-corrected chi connectivity index (χ1v) is 6.21. The first-order valence-electron chi connectivity index (χ1n) is 5.40. The molecule has 1 aliphatic rings. The zero-order chi connectivity index (χ0) is 12.0. The molecule has 0 amide bonds. The van der Waals surface area contributed by atoms with Crippen LogP contribution >= 0.6 is 11.3 Å². The predicted molar refractivity (Wildman–Crippen MR) is 66.1 cm³/mol. The molecule has 1 fully saturated rings. The van der Waals surface area contributed by atoms with Gasteiger partial charge in [0, 0.05) is 9.58 Å². The number of hydrogen-bond donors (Lipinski definition) is 0. The third kappa shape index (κ3) is 1.56. The molecule has 0 N–H and O–H groups in total. The molecule has 2 aromatic rings. The Morgan fingerprint density at radius 2 is 2.24 bits per heavy atom. The Bertz CT molecular complexity index is 556.